The zero-order valence-electron chi connectivity index (χ0n) is 45.9. The first-order valence-corrected chi connectivity index (χ1v) is 29.0. The molecule has 1 atom stereocenters. The van der Waals surface area contributed by atoms with Crippen molar-refractivity contribution < 1.29 is 28.6 Å². The summed E-state index contributed by atoms with van der Waals surface area (Å²) in [6, 6.07) is 0. The fourth-order valence-corrected chi connectivity index (χ4v) is 7.56. The molecule has 0 aromatic rings. The summed E-state index contributed by atoms with van der Waals surface area (Å²) < 4.78 is 16.8. The highest BCUT2D eigenvalue weighted by Crippen LogP contribution is 2.14. The lowest BCUT2D eigenvalue weighted by molar-refractivity contribution is -0.167. The van der Waals surface area contributed by atoms with Crippen molar-refractivity contribution in [1.29, 1.82) is 0 Å². The summed E-state index contributed by atoms with van der Waals surface area (Å²) in [4.78, 5) is 38.0. The van der Waals surface area contributed by atoms with Crippen LogP contribution in [0.2, 0.25) is 0 Å². The molecule has 71 heavy (non-hydrogen) atoms. The molecule has 402 valence electrons. The lowest BCUT2D eigenvalue weighted by Gasteiger charge is -2.18. The Morgan fingerprint density at radius 3 is 0.930 bits per heavy atom. The molecule has 0 spiro atoms. The van der Waals surface area contributed by atoms with Crippen LogP contribution in [0.4, 0.5) is 0 Å². The van der Waals surface area contributed by atoms with Crippen LogP contribution in [0.3, 0.4) is 0 Å². The van der Waals surface area contributed by atoms with E-state index in [0.717, 1.165) is 154 Å². The molecule has 0 saturated carbocycles. The first kappa shape index (κ1) is 66.8. The van der Waals surface area contributed by atoms with Crippen LogP contribution < -0.4 is 0 Å². The van der Waals surface area contributed by atoms with Gasteiger partial charge in [-0.25, -0.2) is 0 Å². The Balaban J connectivity index is 4.28. The Bertz CT molecular complexity index is 1500. The molecule has 0 aromatic heterocycles. The SMILES string of the molecule is CC/C=C\C/C=C\C/C=C\C/C=C\C/C=C\C/C=C\C/C=C\CCCCCCCCCC(=O)OCC(COC(=O)CCCCCCC/C=C\CCC)OC(=O)CCCCCCC/C=C\C/C=C\CCCC. The molecule has 0 aromatic carbocycles. The van der Waals surface area contributed by atoms with Crippen molar-refractivity contribution in [2.75, 3.05) is 13.2 Å². The summed E-state index contributed by atoms with van der Waals surface area (Å²) >= 11 is 0. The van der Waals surface area contributed by atoms with Gasteiger partial charge in [-0.1, -0.05) is 232 Å². The Labute approximate surface area is 437 Å². The van der Waals surface area contributed by atoms with Crippen LogP contribution in [0.25, 0.3) is 0 Å². The van der Waals surface area contributed by atoms with Gasteiger partial charge >= 0.3 is 17.9 Å². The Hall–Kier alpha value is -4.19. The molecule has 0 heterocycles. The van der Waals surface area contributed by atoms with E-state index in [9.17, 15) is 14.4 Å². The molecule has 0 saturated heterocycles. The summed E-state index contributed by atoms with van der Waals surface area (Å²) in [6.07, 6.45) is 80.5. The number of ether oxygens (including phenoxy) is 3. The quantitative estimate of drug-likeness (QED) is 0.0261. The van der Waals surface area contributed by atoms with Crippen molar-refractivity contribution in [3.63, 3.8) is 0 Å². The van der Waals surface area contributed by atoms with Crippen LogP contribution >= 0.6 is 0 Å². The van der Waals surface area contributed by atoms with Crippen LogP contribution in [-0.2, 0) is 28.6 Å². The topological polar surface area (TPSA) is 78.9 Å². The van der Waals surface area contributed by atoms with Crippen LogP contribution in [-0.4, -0.2) is 37.2 Å². The lowest BCUT2D eigenvalue weighted by atomic mass is 10.1. The first-order chi connectivity index (χ1) is 35.0. The van der Waals surface area contributed by atoms with E-state index in [1.54, 1.807) is 0 Å². The average molecular weight is 984 g/mol. The van der Waals surface area contributed by atoms with Crippen molar-refractivity contribution in [3.8, 4) is 0 Å². The number of rotatable bonds is 51. The van der Waals surface area contributed by atoms with Crippen molar-refractivity contribution in [1.82, 2.24) is 0 Å². The van der Waals surface area contributed by atoms with Gasteiger partial charge in [0.05, 0.1) is 0 Å². The number of hydrogen-bond acceptors (Lipinski definition) is 6. The molecule has 6 heteroatoms. The number of esters is 3. The highest BCUT2D eigenvalue weighted by atomic mass is 16.6. The molecule has 0 radical (unpaired) electrons. The summed E-state index contributed by atoms with van der Waals surface area (Å²) in [5, 5.41) is 0. The predicted octanol–water partition coefficient (Wildman–Crippen LogP) is 19.6. The maximum atomic E-state index is 12.8. The Morgan fingerprint density at radius 1 is 0.296 bits per heavy atom. The summed E-state index contributed by atoms with van der Waals surface area (Å²) in [6.45, 7) is 6.38. The molecule has 0 aliphatic carbocycles. The first-order valence-electron chi connectivity index (χ1n) is 29.0. The molecule has 0 bridgehead atoms. The van der Waals surface area contributed by atoms with Gasteiger partial charge in [-0.3, -0.25) is 14.4 Å². The monoisotopic (exact) mass is 983 g/mol. The zero-order valence-corrected chi connectivity index (χ0v) is 45.9. The van der Waals surface area contributed by atoms with Gasteiger partial charge < -0.3 is 14.2 Å². The average Bonchev–Trinajstić information content (AvgIpc) is 3.37. The van der Waals surface area contributed by atoms with E-state index >= 15 is 0 Å². The molecule has 0 fully saturated rings. The minimum absolute atomic E-state index is 0.0940. The largest absolute Gasteiger partial charge is 0.462 e. The molecule has 1 unspecified atom stereocenters. The van der Waals surface area contributed by atoms with Gasteiger partial charge in [0.15, 0.2) is 6.10 Å². The zero-order chi connectivity index (χ0) is 51.4. The van der Waals surface area contributed by atoms with Crippen LogP contribution in [0.15, 0.2) is 122 Å². The number of carbonyl (C=O) groups excluding carboxylic acids is 3. The van der Waals surface area contributed by atoms with Crippen molar-refractivity contribution in [2.24, 2.45) is 0 Å². The standard InChI is InChI=1S/C65H106O6/c1-4-7-10-13-16-19-22-24-26-27-28-29-30-31-32-33-34-35-36-37-38-39-40-42-43-46-49-52-55-58-64(67)70-61-62(60-69-63(66)57-54-51-48-45-21-18-15-12-9-6-3)71-65(68)59-56-53-50-47-44-41-25-23-20-17-14-11-8-5-2/h7,10,12,14-17,19,23-26,28-29,31-32,34-35,37-38,62H,4-6,8-9,11,13,18,20-22,27,30,33,36,39-61H2,1-3H3/b10-7-,15-12-,17-14-,19-16-,25-23-,26-24-,29-28-,32-31-,35-34-,38-37-. The third-order valence-electron chi connectivity index (χ3n) is 11.9. The fourth-order valence-electron chi connectivity index (χ4n) is 7.56. The van der Waals surface area contributed by atoms with Gasteiger partial charge in [-0.05, 0) is 122 Å². The van der Waals surface area contributed by atoms with Crippen molar-refractivity contribution in [3.05, 3.63) is 122 Å². The van der Waals surface area contributed by atoms with E-state index in [1.807, 2.05) is 0 Å². The lowest BCUT2D eigenvalue weighted by Crippen LogP contribution is -2.30. The molecular weight excluding hydrogens is 877 g/mol. The van der Waals surface area contributed by atoms with Crippen LogP contribution in [0, 0.1) is 0 Å². The summed E-state index contributed by atoms with van der Waals surface area (Å²) in [5.74, 6) is -0.933. The summed E-state index contributed by atoms with van der Waals surface area (Å²) in [5.41, 5.74) is 0. The predicted molar refractivity (Wildman–Crippen MR) is 306 cm³/mol. The van der Waals surface area contributed by atoms with E-state index in [1.165, 1.54) is 57.8 Å². The highest BCUT2D eigenvalue weighted by molar-refractivity contribution is 5.71. The van der Waals surface area contributed by atoms with E-state index in [4.69, 9.17) is 14.2 Å². The summed E-state index contributed by atoms with van der Waals surface area (Å²) in [7, 11) is 0. The second-order valence-electron chi connectivity index (χ2n) is 18.8. The number of unbranched alkanes of at least 4 members (excludes halogenated alkanes) is 20. The normalized spacial score (nSPS) is 13.0. The van der Waals surface area contributed by atoms with Gasteiger partial charge in [0, 0.05) is 19.3 Å². The van der Waals surface area contributed by atoms with E-state index in [0.29, 0.717) is 19.3 Å². The van der Waals surface area contributed by atoms with Gasteiger partial charge in [-0.15, -0.1) is 0 Å². The molecule has 0 aliphatic rings. The van der Waals surface area contributed by atoms with Gasteiger partial charge in [0.1, 0.15) is 13.2 Å². The second-order valence-corrected chi connectivity index (χ2v) is 18.8. The maximum absolute atomic E-state index is 12.8. The maximum Gasteiger partial charge on any atom is 0.306 e. The van der Waals surface area contributed by atoms with Gasteiger partial charge in [0.2, 0.25) is 0 Å². The van der Waals surface area contributed by atoms with Crippen molar-refractivity contribution in [2.45, 2.75) is 258 Å². The molecular formula is C65H106O6. The highest BCUT2D eigenvalue weighted by Gasteiger charge is 2.19. The Kier molecular flexibility index (Phi) is 54.9. The Morgan fingerprint density at radius 2 is 0.577 bits per heavy atom. The smallest absolute Gasteiger partial charge is 0.306 e. The van der Waals surface area contributed by atoms with E-state index in [-0.39, 0.29) is 31.1 Å². The third-order valence-corrected chi connectivity index (χ3v) is 11.9. The second kappa shape index (κ2) is 58.4. The van der Waals surface area contributed by atoms with E-state index < -0.39 is 6.10 Å². The minimum atomic E-state index is -0.795. The number of hydrogen-bond donors (Lipinski definition) is 0. The van der Waals surface area contributed by atoms with Crippen LogP contribution in [0.5, 0.6) is 0 Å². The van der Waals surface area contributed by atoms with Gasteiger partial charge in [0.25, 0.3) is 0 Å². The molecule has 0 aliphatic heterocycles. The molecule has 6 nitrogen and oxygen atoms in total. The van der Waals surface area contributed by atoms with Crippen molar-refractivity contribution >= 4 is 17.9 Å². The third kappa shape index (κ3) is 56.6. The number of carbonyl (C=O) groups is 3. The van der Waals surface area contributed by atoms with Crippen LogP contribution in [0.1, 0.15) is 252 Å². The minimum Gasteiger partial charge on any atom is -0.462 e. The fraction of sp³-hybridized carbons (Fsp3) is 0.646. The molecule has 0 N–H and O–H groups in total. The molecule has 0 rings (SSSR count). The number of allylic oxidation sites excluding steroid dienone is 20. The van der Waals surface area contributed by atoms with Gasteiger partial charge in [-0.2, -0.15) is 0 Å². The van der Waals surface area contributed by atoms with E-state index in [2.05, 4.69) is 142 Å². The molecule has 0 amide bonds.